The minimum atomic E-state index is -0.606. The van der Waals surface area contributed by atoms with Gasteiger partial charge in [0.15, 0.2) is 0 Å². The topological polar surface area (TPSA) is 63.5 Å². The normalized spacial score (nSPS) is 10.2. The number of nitrogens with zero attached hydrogens (tertiary/aromatic N) is 2. The van der Waals surface area contributed by atoms with Crippen LogP contribution in [0.2, 0.25) is 5.02 Å². The van der Waals surface area contributed by atoms with E-state index in [1.54, 1.807) is 0 Å². The lowest BCUT2D eigenvalue weighted by atomic mass is 10.1. The summed E-state index contributed by atoms with van der Waals surface area (Å²) in [4.78, 5) is 23.7. The summed E-state index contributed by atoms with van der Waals surface area (Å²) in [5, 5.41) is 10.9. The molecule has 0 atom stereocenters. The number of nitro benzene ring substituents is 1. The van der Waals surface area contributed by atoms with Crippen LogP contribution in [-0.4, -0.2) is 17.9 Å². The summed E-state index contributed by atoms with van der Waals surface area (Å²) in [6.07, 6.45) is 0. The van der Waals surface area contributed by atoms with Gasteiger partial charge in [0.05, 0.1) is 15.5 Å². The Bertz CT molecular complexity index is 704. The van der Waals surface area contributed by atoms with Crippen molar-refractivity contribution in [1.29, 1.82) is 0 Å². The van der Waals surface area contributed by atoms with Crippen molar-refractivity contribution in [2.24, 2.45) is 0 Å². The Morgan fingerprint density at radius 2 is 1.86 bits per heavy atom. The number of hydrogen-bond acceptors (Lipinski definition) is 3. The maximum atomic E-state index is 12.9. The zero-order valence-corrected chi connectivity index (χ0v) is 11.7. The van der Waals surface area contributed by atoms with E-state index < -0.39 is 16.6 Å². The van der Waals surface area contributed by atoms with Gasteiger partial charge in [0.25, 0.3) is 11.6 Å². The second-order valence-electron chi connectivity index (χ2n) is 4.26. The van der Waals surface area contributed by atoms with Gasteiger partial charge in [0.2, 0.25) is 0 Å². The molecular weight excluding hydrogens is 299 g/mol. The SMILES string of the molecule is CN(C(=O)c1cc([N+](=O)[O-])ccc1Cl)c1ccc(F)cc1. The molecule has 5 nitrogen and oxygen atoms in total. The van der Waals surface area contributed by atoms with E-state index in [0.29, 0.717) is 5.69 Å². The number of amides is 1. The first-order valence-electron chi connectivity index (χ1n) is 5.87. The number of carbonyl (C=O) groups is 1. The van der Waals surface area contributed by atoms with E-state index in [1.807, 2.05) is 0 Å². The fourth-order valence-electron chi connectivity index (χ4n) is 1.75. The van der Waals surface area contributed by atoms with E-state index in [-0.39, 0.29) is 16.3 Å². The number of carbonyl (C=O) groups excluding carboxylic acids is 1. The summed E-state index contributed by atoms with van der Waals surface area (Å²) in [6, 6.07) is 8.92. The number of anilines is 1. The molecule has 0 aliphatic carbocycles. The standard InChI is InChI=1S/C14H10ClFN2O3/c1-17(10-4-2-9(16)3-5-10)14(19)12-8-11(18(20)21)6-7-13(12)15/h2-8H,1H3. The van der Waals surface area contributed by atoms with Crippen molar-refractivity contribution < 1.29 is 14.1 Å². The minimum Gasteiger partial charge on any atom is -0.311 e. The van der Waals surface area contributed by atoms with Crippen LogP contribution in [0.25, 0.3) is 0 Å². The summed E-state index contributed by atoms with van der Waals surface area (Å²) >= 11 is 5.92. The van der Waals surface area contributed by atoms with Gasteiger partial charge in [0, 0.05) is 24.9 Å². The van der Waals surface area contributed by atoms with Crippen LogP contribution in [0, 0.1) is 15.9 Å². The third-order valence-corrected chi connectivity index (χ3v) is 3.24. The molecule has 0 spiro atoms. The van der Waals surface area contributed by atoms with Gasteiger partial charge >= 0.3 is 0 Å². The van der Waals surface area contributed by atoms with Crippen LogP contribution in [0.1, 0.15) is 10.4 Å². The van der Waals surface area contributed by atoms with Crippen molar-refractivity contribution >= 4 is 28.9 Å². The zero-order valence-electron chi connectivity index (χ0n) is 10.9. The quantitative estimate of drug-likeness (QED) is 0.642. The molecule has 2 aromatic carbocycles. The molecule has 0 aliphatic rings. The Morgan fingerprint density at radius 3 is 2.43 bits per heavy atom. The molecule has 0 saturated carbocycles. The van der Waals surface area contributed by atoms with Gasteiger partial charge in [-0.1, -0.05) is 11.6 Å². The summed E-state index contributed by atoms with van der Waals surface area (Å²) in [7, 11) is 1.48. The van der Waals surface area contributed by atoms with Gasteiger partial charge in [-0.3, -0.25) is 14.9 Å². The van der Waals surface area contributed by atoms with Gasteiger partial charge in [-0.25, -0.2) is 4.39 Å². The first-order valence-corrected chi connectivity index (χ1v) is 6.25. The van der Waals surface area contributed by atoms with Gasteiger partial charge in [-0.15, -0.1) is 0 Å². The average molecular weight is 309 g/mol. The zero-order chi connectivity index (χ0) is 15.6. The minimum absolute atomic E-state index is 0.0118. The highest BCUT2D eigenvalue weighted by molar-refractivity contribution is 6.34. The Hall–Kier alpha value is -2.47. The first-order chi connectivity index (χ1) is 9.90. The predicted octanol–water partition coefficient (Wildman–Crippen LogP) is 3.66. The molecule has 0 unspecified atom stereocenters. The fraction of sp³-hybridized carbons (Fsp3) is 0.0714. The average Bonchev–Trinajstić information content (AvgIpc) is 2.47. The van der Waals surface area contributed by atoms with Crippen LogP contribution in [0.5, 0.6) is 0 Å². The van der Waals surface area contributed by atoms with Gasteiger partial charge in [0.1, 0.15) is 5.82 Å². The van der Waals surface area contributed by atoms with E-state index in [9.17, 15) is 19.3 Å². The molecule has 0 bridgehead atoms. The molecule has 7 heteroatoms. The van der Waals surface area contributed by atoms with Crippen LogP contribution in [0.4, 0.5) is 15.8 Å². The number of hydrogen-bond donors (Lipinski definition) is 0. The number of halogens is 2. The fourth-order valence-corrected chi connectivity index (χ4v) is 1.95. The summed E-state index contributed by atoms with van der Waals surface area (Å²) in [5.74, 6) is -0.941. The van der Waals surface area contributed by atoms with E-state index in [0.717, 1.165) is 6.07 Å². The van der Waals surface area contributed by atoms with E-state index in [2.05, 4.69) is 0 Å². The number of rotatable bonds is 3. The van der Waals surface area contributed by atoms with E-state index in [1.165, 1.54) is 48.3 Å². The second kappa shape index (κ2) is 5.88. The third kappa shape index (κ3) is 3.17. The molecule has 2 aromatic rings. The lowest BCUT2D eigenvalue weighted by molar-refractivity contribution is -0.384. The highest BCUT2D eigenvalue weighted by atomic mass is 35.5. The summed E-state index contributed by atoms with van der Waals surface area (Å²) < 4.78 is 12.9. The Balaban J connectivity index is 2.37. The number of benzene rings is 2. The molecule has 0 fully saturated rings. The van der Waals surface area contributed by atoms with Crippen molar-refractivity contribution in [3.63, 3.8) is 0 Å². The highest BCUT2D eigenvalue weighted by Crippen LogP contribution is 2.25. The van der Waals surface area contributed by atoms with Crippen LogP contribution in [0.3, 0.4) is 0 Å². The molecule has 0 radical (unpaired) electrons. The van der Waals surface area contributed by atoms with Gasteiger partial charge < -0.3 is 4.90 Å². The van der Waals surface area contributed by atoms with Crippen molar-refractivity contribution in [2.45, 2.75) is 0 Å². The van der Waals surface area contributed by atoms with Crippen LogP contribution < -0.4 is 4.90 Å². The molecule has 0 saturated heterocycles. The molecule has 0 aromatic heterocycles. The monoisotopic (exact) mass is 308 g/mol. The lowest BCUT2D eigenvalue weighted by Crippen LogP contribution is -2.26. The van der Waals surface area contributed by atoms with Crippen molar-refractivity contribution in [3.05, 3.63) is 69.0 Å². The largest absolute Gasteiger partial charge is 0.311 e. The van der Waals surface area contributed by atoms with Crippen molar-refractivity contribution in [2.75, 3.05) is 11.9 Å². The summed E-state index contributed by atoms with van der Waals surface area (Å²) in [5.41, 5.74) is 0.233. The van der Waals surface area contributed by atoms with Crippen LogP contribution in [-0.2, 0) is 0 Å². The van der Waals surface area contributed by atoms with Crippen molar-refractivity contribution in [3.8, 4) is 0 Å². The van der Waals surface area contributed by atoms with Crippen molar-refractivity contribution in [1.82, 2.24) is 0 Å². The van der Waals surface area contributed by atoms with Gasteiger partial charge in [-0.05, 0) is 30.3 Å². The molecule has 108 valence electrons. The third-order valence-electron chi connectivity index (χ3n) is 2.91. The van der Waals surface area contributed by atoms with E-state index >= 15 is 0 Å². The Labute approximate surface area is 124 Å². The Morgan fingerprint density at radius 1 is 1.24 bits per heavy atom. The summed E-state index contributed by atoms with van der Waals surface area (Å²) in [6.45, 7) is 0. The maximum Gasteiger partial charge on any atom is 0.270 e. The van der Waals surface area contributed by atoms with E-state index in [4.69, 9.17) is 11.6 Å². The molecular formula is C14H10ClFN2O3. The van der Waals surface area contributed by atoms with Gasteiger partial charge in [-0.2, -0.15) is 0 Å². The molecule has 1 amide bonds. The molecule has 0 aliphatic heterocycles. The smallest absolute Gasteiger partial charge is 0.270 e. The van der Waals surface area contributed by atoms with Crippen LogP contribution >= 0.6 is 11.6 Å². The number of nitro groups is 1. The Kier molecular flexibility index (Phi) is 4.18. The first kappa shape index (κ1) is 14.9. The molecule has 21 heavy (non-hydrogen) atoms. The molecule has 0 N–H and O–H groups in total. The maximum absolute atomic E-state index is 12.9. The predicted molar refractivity (Wildman–Crippen MR) is 77.2 cm³/mol. The number of non-ortho nitro benzene ring substituents is 1. The lowest BCUT2D eigenvalue weighted by Gasteiger charge is -2.18. The van der Waals surface area contributed by atoms with Crippen LogP contribution in [0.15, 0.2) is 42.5 Å². The molecule has 0 heterocycles. The second-order valence-corrected chi connectivity index (χ2v) is 4.67. The highest BCUT2D eigenvalue weighted by Gasteiger charge is 2.20. The molecule has 2 rings (SSSR count).